The molecule has 5 nitrogen and oxygen atoms in total. The fourth-order valence-corrected chi connectivity index (χ4v) is 3.46. The van der Waals surface area contributed by atoms with E-state index in [2.05, 4.69) is 46.2 Å². The summed E-state index contributed by atoms with van der Waals surface area (Å²) in [6.07, 6.45) is 2.26. The number of likely N-dealkylation sites (N-methyl/N-ethyl adjacent to an activating group) is 1. The summed E-state index contributed by atoms with van der Waals surface area (Å²) in [6.45, 7) is 4.49. The molecule has 1 N–H and O–H groups in total. The number of aryl methyl sites for hydroxylation is 1. The minimum absolute atomic E-state index is 0.0804. The van der Waals surface area contributed by atoms with E-state index < -0.39 is 0 Å². The highest BCUT2D eigenvalue weighted by atomic mass is 16.5. The van der Waals surface area contributed by atoms with Gasteiger partial charge in [0.1, 0.15) is 5.75 Å². The Morgan fingerprint density at radius 1 is 1.11 bits per heavy atom. The second-order valence-corrected chi connectivity index (χ2v) is 7.59. The van der Waals surface area contributed by atoms with Gasteiger partial charge in [0, 0.05) is 36.3 Å². The van der Waals surface area contributed by atoms with Gasteiger partial charge in [-0.3, -0.25) is 4.79 Å². The van der Waals surface area contributed by atoms with Crippen LogP contribution >= 0.6 is 0 Å². The number of amides is 1. The number of aromatic nitrogens is 1. The molecule has 1 amide bonds. The summed E-state index contributed by atoms with van der Waals surface area (Å²) in [5.41, 5.74) is 3.03. The lowest BCUT2D eigenvalue weighted by Crippen LogP contribution is -2.34. The predicted molar refractivity (Wildman–Crippen MR) is 114 cm³/mol. The van der Waals surface area contributed by atoms with Gasteiger partial charge < -0.3 is 19.5 Å². The molecule has 0 saturated carbocycles. The first kappa shape index (κ1) is 20.0. The molecule has 2 aromatic carbocycles. The van der Waals surface area contributed by atoms with Gasteiger partial charge in [0.15, 0.2) is 0 Å². The number of carbonyl (C=O) groups excluding carboxylic acids is 1. The molecule has 0 aliphatic carbocycles. The SMILES string of the molecule is CC(C)Oc1ccc(C(=O)NCC(c2cn(C)c3ccccc23)N(C)C)cc1. The third-order valence-corrected chi connectivity index (χ3v) is 4.85. The molecule has 1 atom stereocenters. The molecular weight excluding hydrogens is 350 g/mol. The van der Waals surface area contributed by atoms with Crippen molar-refractivity contribution in [3.05, 3.63) is 65.9 Å². The minimum atomic E-state index is -0.0804. The first-order chi connectivity index (χ1) is 13.4. The van der Waals surface area contributed by atoms with Crippen LogP contribution in [0.3, 0.4) is 0 Å². The van der Waals surface area contributed by atoms with Gasteiger partial charge in [-0.25, -0.2) is 0 Å². The van der Waals surface area contributed by atoms with Crippen molar-refractivity contribution in [1.82, 2.24) is 14.8 Å². The van der Waals surface area contributed by atoms with Crippen LogP contribution in [0.5, 0.6) is 5.75 Å². The van der Waals surface area contributed by atoms with E-state index in [1.807, 2.05) is 46.1 Å². The van der Waals surface area contributed by atoms with E-state index in [0.717, 1.165) is 5.75 Å². The zero-order chi connectivity index (χ0) is 20.3. The third kappa shape index (κ3) is 4.37. The molecular formula is C23H29N3O2. The fraction of sp³-hybridized carbons (Fsp3) is 0.348. The molecule has 0 saturated heterocycles. The minimum Gasteiger partial charge on any atom is -0.491 e. The highest BCUT2D eigenvalue weighted by Gasteiger charge is 2.20. The Labute approximate surface area is 166 Å². The number of fused-ring (bicyclic) bond motifs is 1. The zero-order valence-electron chi connectivity index (χ0n) is 17.3. The van der Waals surface area contributed by atoms with Crippen LogP contribution in [0.25, 0.3) is 10.9 Å². The molecule has 1 heterocycles. The van der Waals surface area contributed by atoms with Crippen LogP contribution < -0.4 is 10.1 Å². The third-order valence-electron chi connectivity index (χ3n) is 4.85. The molecule has 28 heavy (non-hydrogen) atoms. The molecule has 0 aliphatic heterocycles. The Hall–Kier alpha value is -2.79. The van der Waals surface area contributed by atoms with Crippen molar-refractivity contribution >= 4 is 16.8 Å². The molecule has 0 bridgehead atoms. The van der Waals surface area contributed by atoms with E-state index in [-0.39, 0.29) is 18.1 Å². The Bertz CT molecular complexity index is 942. The number of hydrogen-bond donors (Lipinski definition) is 1. The molecule has 0 fully saturated rings. The Morgan fingerprint density at radius 3 is 2.43 bits per heavy atom. The maximum atomic E-state index is 12.6. The fourth-order valence-electron chi connectivity index (χ4n) is 3.46. The Morgan fingerprint density at radius 2 is 1.79 bits per heavy atom. The van der Waals surface area contributed by atoms with Crippen molar-refractivity contribution in [3.8, 4) is 5.75 Å². The Kier molecular flexibility index (Phi) is 6.05. The average molecular weight is 380 g/mol. The van der Waals surface area contributed by atoms with Gasteiger partial charge >= 0.3 is 0 Å². The van der Waals surface area contributed by atoms with Crippen molar-refractivity contribution in [1.29, 1.82) is 0 Å². The van der Waals surface area contributed by atoms with Crippen LogP contribution in [0.1, 0.15) is 35.8 Å². The van der Waals surface area contributed by atoms with Crippen LogP contribution in [0.4, 0.5) is 0 Å². The number of rotatable bonds is 7. The van der Waals surface area contributed by atoms with Crippen molar-refractivity contribution < 1.29 is 9.53 Å². The van der Waals surface area contributed by atoms with Crippen LogP contribution in [0, 0.1) is 0 Å². The number of ether oxygens (including phenoxy) is 1. The van der Waals surface area contributed by atoms with Gasteiger partial charge in [0.25, 0.3) is 5.91 Å². The molecule has 0 radical (unpaired) electrons. The van der Waals surface area contributed by atoms with Crippen LogP contribution in [-0.2, 0) is 7.05 Å². The number of carbonyl (C=O) groups is 1. The number of nitrogens with one attached hydrogen (secondary N) is 1. The van der Waals surface area contributed by atoms with Crippen LogP contribution in [0.2, 0.25) is 0 Å². The summed E-state index contributed by atoms with van der Waals surface area (Å²) in [5, 5.41) is 4.30. The summed E-state index contributed by atoms with van der Waals surface area (Å²) in [5.74, 6) is 0.691. The molecule has 3 aromatic rings. The maximum Gasteiger partial charge on any atom is 0.251 e. The summed E-state index contributed by atoms with van der Waals surface area (Å²) in [7, 11) is 6.13. The van der Waals surface area contributed by atoms with Gasteiger partial charge in [-0.05, 0) is 63.8 Å². The largest absolute Gasteiger partial charge is 0.491 e. The van der Waals surface area contributed by atoms with Crippen LogP contribution in [-0.4, -0.2) is 42.1 Å². The van der Waals surface area contributed by atoms with E-state index in [9.17, 15) is 4.79 Å². The van der Waals surface area contributed by atoms with E-state index >= 15 is 0 Å². The highest BCUT2D eigenvalue weighted by molar-refractivity contribution is 5.94. The first-order valence-corrected chi connectivity index (χ1v) is 9.62. The monoisotopic (exact) mass is 379 g/mol. The van der Waals surface area contributed by atoms with E-state index in [1.165, 1.54) is 16.5 Å². The summed E-state index contributed by atoms with van der Waals surface area (Å²) in [4.78, 5) is 14.8. The van der Waals surface area contributed by atoms with Crippen molar-refractivity contribution in [2.45, 2.75) is 26.0 Å². The quantitative estimate of drug-likeness (QED) is 0.675. The van der Waals surface area contributed by atoms with Crippen molar-refractivity contribution in [3.63, 3.8) is 0 Å². The number of hydrogen-bond acceptors (Lipinski definition) is 3. The first-order valence-electron chi connectivity index (χ1n) is 9.62. The smallest absolute Gasteiger partial charge is 0.251 e. The maximum absolute atomic E-state index is 12.6. The molecule has 5 heteroatoms. The molecule has 3 rings (SSSR count). The van der Waals surface area contributed by atoms with Crippen LogP contribution in [0.15, 0.2) is 54.7 Å². The lowest BCUT2D eigenvalue weighted by molar-refractivity contribution is 0.0942. The summed E-state index contributed by atoms with van der Waals surface area (Å²) in [6, 6.07) is 15.7. The van der Waals surface area contributed by atoms with Gasteiger partial charge in [0.05, 0.1) is 12.1 Å². The van der Waals surface area contributed by atoms with Gasteiger partial charge in [-0.1, -0.05) is 18.2 Å². The number of nitrogens with zero attached hydrogens (tertiary/aromatic N) is 2. The standard InChI is InChI=1S/C23H29N3O2/c1-16(2)28-18-12-10-17(11-13-18)23(27)24-14-22(25(3)4)20-15-26(5)21-9-7-6-8-19(20)21/h6-13,15-16,22H,14H2,1-5H3,(H,24,27). The predicted octanol–water partition coefficient (Wildman–Crippen LogP) is 4.00. The normalized spacial score (nSPS) is 12.5. The molecule has 0 aliphatic rings. The van der Waals surface area contributed by atoms with E-state index in [0.29, 0.717) is 12.1 Å². The van der Waals surface area contributed by atoms with E-state index in [4.69, 9.17) is 4.74 Å². The van der Waals surface area contributed by atoms with Gasteiger partial charge in [0.2, 0.25) is 0 Å². The van der Waals surface area contributed by atoms with Crippen molar-refractivity contribution in [2.75, 3.05) is 20.6 Å². The lowest BCUT2D eigenvalue weighted by atomic mass is 10.0. The van der Waals surface area contributed by atoms with E-state index in [1.54, 1.807) is 12.1 Å². The van der Waals surface area contributed by atoms with Gasteiger partial charge in [-0.15, -0.1) is 0 Å². The average Bonchev–Trinajstić information content (AvgIpc) is 2.98. The lowest BCUT2D eigenvalue weighted by Gasteiger charge is -2.24. The topological polar surface area (TPSA) is 46.5 Å². The number of benzene rings is 2. The summed E-state index contributed by atoms with van der Waals surface area (Å²) >= 11 is 0. The number of para-hydroxylation sites is 1. The summed E-state index contributed by atoms with van der Waals surface area (Å²) < 4.78 is 7.77. The van der Waals surface area contributed by atoms with Gasteiger partial charge in [-0.2, -0.15) is 0 Å². The van der Waals surface area contributed by atoms with Crippen molar-refractivity contribution in [2.24, 2.45) is 7.05 Å². The Balaban J connectivity index is 1.74. The zero-order valence-corrected chi connectivity index (χ0v) is 17.3. The molecule has 148 valence electrons. The highest BCUT2D eigenvalue weighted by Crippen LogP contribution is 2.28. The second-order valence-electron chi connectivity index (χ2n) is 7.59. The molecule has 1 unspecified atom stereocenters. The second kappa shape index (κ2) is 8.48. The molecule has 0 spiro atoms. The molecule has 1 aromatic heterocycles.